The van der Waals surface area contributed by atoms with E-state index in [0.717, 1.165) is 34.0 Å². The van der Waals surface area contributed by atoms with Crippen molar-refractivity contribution in [2.24, 2.45) is 10.2 Å². The van der Waals surface area contributed by atoms with Gasteiger partial charge in [-0.15, -0.1) is 5.10 Å². The third-order valence-electron chi connectivity index (χ3n) is 6.91. The zero-order valence-corrected chi connectivity index (χ0v) is 24.4. The number of rotatable bonds is 9. The predicted molar refractivity (Wildman–Crippen MR) is 176 cm³/mol. The van der Waals surface area contributed by atoms with Gasteiger partial charge in [0.25, 0.3) is 0 Å². The molecule has 0 amide bonds. The van der Waals surface area contributed by atoms with Crippen LogP contribution in [0.3, 0.4) is 0 Å². The second-order valence-electron chi connectivity index (χ2n) is 9.51. The Morgan fingerprint density at radius 1 is 0.512 bits per heavy atom. The first-order valence-electron chi connectivity index (χ1n) is 13.5. The zero-order chi connectivity index (χ0) is 28.5. The number of hydrogen-bond donors (Lipinski definition) is 0. The van der Waals surface area contributed by atoms with Crippen LogP contribution in [0.25, 0.3) is 0 Å². The molecule has 0 N–H and O–H groups in total. The fraction of sp³-hybridized carbons (Fsp3) is 0.0833. The molecule has 0 fully saturated rings. The second kappa shape index (κ2) is 13.1. The molecule has 0 saturated carbocycles. The molecule has 0 atom stereocenters. The Hall–Kier alpha value is -4.66. The van der Waals surface area contributed by atoms with Gasteiger partial charge < -0.3 is 9.47 Å². The standard InChI is InChI=1S/C36H33N2O2P/c1-28(37-38-36(29-19-23-31(39-2)24-20-29)30-21-25-32(40-3)26-22-30)27-41(33-13-7-4-8-14-33,34-15-9-5-10-16-34)35-17-11-6-12-18-35/h4-27H,1-3H3/b37-28+. The third kappa shape index (κ3) is 6.24. The number of benzene rings is 5. The maximum atomic E-state index is 5.38. The molecule has 5 rings (SSSR count). The lowest BCUT2D eigenvalue weighted by molar-refractivity contribution is 0.414. The summed E-state index contributed by atoms with van der Waals surface area (Å²) < 4.78 is 10.8. The number of methoxy groups -OCH3 is 2. The summed E-state index contributed by atoms with van der Waals surface area (Å²) in [5.74, 6) is 3.91. The molecule has 0 aliphatic carbocycles. The summed E-state index contributed by atoms with van der Waals surface area (Å²) in [6.45, 7) is -0.158. The summed E-state index contributed by atoms with van der Waals surface area (Å²) in [5.41, 5.74) is 3.51. The van der Waals surface area contributed by atoms with Gasteiger partial charge in [0.1, 0.15) is 17.2 Å². The molecule has 41 heavy (non-hydrogen) atoms. The van der Waals surface area contributed by atoms with Gasteiger partial charge in [0.2, 0.25) is 0 Å². The van der Waals surface area contributed by atoms with Crippen molar-refractivity contribution in [1.82, 2.24) is 0 Å². The molecule has 204 valence electrons. The molecule has 0 saturated heterocycles. The van der Waals surface area contributed by atoms with Crippen molar-refractivity contribution in [1.29, 1.82) is 0 Å². The van der Waals surface area contributed by atoms with Crippen LogP contribution < -0.4 is 25.4 Å². The maximum Gasteiger partial charge on any atom is 0.118 e. The van der Waals surface area contributed by atoms with Crippen LogP contribution in [0.15, 0.2) is 150 Å². The van der Waals surface area contributed by atoms with Gasteiger partial charge in [0, 0.05) is 11.1 Å². The van der Waals surface area contributed by atoms with E-state index in [-0.39, 0.29) is 0 Å². The topological polar surface area (TPSA) is 43.2 Å². The first-order chi connectivity index (χ1) is 20.1. The van der Waals surface area contributed by atoms with Crippen LogP contribution in [0.2, 0.25) is 0 Å². The van der Waals surface area contributed by atoms with Crippen molar-refractivity contribution in [2.45, 2.75) is 6.92 Å². The van der Waals surface area contributed by atoms with Gasteiger partial charge >= 0.3 is 0 Å². The van der Waals surface area contributed by atoms with Crippen LogP contribution >= 0.6 is 6.89 Å². The maximum absolute atomic E-state index is 5.38. The molecule has 0 aliphatic heterocycles. The average Bonchev–Trinajstić information content (AvgIpc) is 3.05. The van der Waals surface area contributed by atoms with E-state index in [1.165, 1.54) is 15.9 Å². The summed E-state index contributed by atoms with van der Waals surface area (Å²) in [7, 11) is 3.33. The minimum Gasteiger partial charge on any atom is -0.497 e. The van der Waals surface area contributed by atoms with Crippen molar-refractivity contribution in [2.75, 3.05) is 14.2 Å². The summed E-state index contributed by atoms with van der Waals surface area (Å²) in [6, 6.07) is 48.0. The summed E-state index contributed by atoms with van der Waals surface area (Å²) in [6.07, 6.45) is 0. The zero-order valence-electron chi connectivity index (χ0n) is 23.5. The second-order valence-corrected chi connectivity index (χ2v) is 12.8. The number of nitrogens with zero attached hydrogens (tertiary/aromatic N) is 2. The Kier molecular flexibility index (Phi) is 8.93. The molecule has 0 heterocycles. The highest BCUT2D eigenvalue weighted by molar-refractivity contribution is 7.95. The monoisotopic (exact) mass is 556 g/mol. The lowest BCUT2D eigenvalue weighted by atomic mass is 10.0. The van der Waals surface area contributed by atoms with Gasteiger partial charge in [0.05, 0.1) is 19.9 Å². The van der Waals surface area contributed by atoms with Gasteiger partial charge in [-0.25, -0.2) is 0 Å². The van der Waals surface area contributed by atoms with Crippen LogP contribution in [0.4, 0.5) is 0 Å². The van der Waals surface area contributed by atoms with Crippen molar-refractivity contribution in [3.05, 3.63) is 151 Å². The van der Waals surface area contributed by atoms with Crippen molar-refractivity contribution >= 4 is 40.0 Å². The summed E-state index contributed by atoms with van der Waals surface area (Å²) in [5, 5.41) is 13.5. The molecule has 0 bridgehead atoms. The predicted octanol–water partition coefficient (Wildman–Crippen LogP) is 6.71. The Balaban J connectivity index is 1.72. The Morgan fingerprint density at radius 3 is 1.22 bits per heavy atom. The molecule has 0 unspecified atom stereocenters. The van der Waals surface area contributed by atoms with E-state index in [2.05, 4.69) is 96.8 Å². The van der Waals surface area contributed by atoms with Crippen LogP contribution in [-0.2, 0) is 0 Å². The van der Waals surface area contributed by atoms with Crippen molar-refractivity contribution in [3.63, 3.8) is 0 Å². The first kappa shape index (κ1) is 27.9. The highest BCUT2D eigenvalue weighted by Crippen LogP contribution is 2.43. The summed E-state index contributed by atoms with van der Waals surface area (Å²) >= 11 is 0. The van der Waals surface area contributed by atoms with Crippen LogP contribution in [0, 0.1) is 0 Å². The van der Waals surface area contributed by atoms with Crippen LogP contribution in [0.5, 0.6) is 11.5 Å². The quantitative estimate of drug-likeness (QED) is 0.115. The van der Waals surface area contributed by atoms with Crippen LogP contribution in [-0.4, -0.2) is 31.4 Å². The van der Waals surface area contributed by atoms with Gasteiger partial charge in [-0.3, -0.25) is 0 Å². The third-order valence-corrected chi connectivity index (χ3v) is 11.0. The number of ether oxygens (including phenoxy) is 2. The van der Waals surface area contributed by atoms with E-state index >= 15 is 0 Å². The fourth-order valence-corrected chi connectivity index (χ4v) is 8.76. The smallest absolute Gasteiger partial charge is 0.118 e. The highest BCUT2D eigenvalue weighted by atomic mass is 31.2. The first-order valence-corrected chi connectivity index (χ1v) is 15.3. The van der Waals surface area contributed by atoms with Gasteiger partial charge in [-0.2, -0.15) is 5.10 Å². The SMILES string of the molecule is COc1ccc(C(=N/N=C(\C)C=P(c2ccccc2)(c2ccccc2)c2ccccc2)c2ccc(OC)cc2)cc1. The van der Waals surface area contributed by atoms with E-state index in [0.29, 0.717) is 0 Å². The molecular weight excluding hydrogens is 523 g/mol. The van der Waals surface area contributed by atoms with E-state index in [4.69, 9.17) is 19.7 Å². The normalized spacial score (nSPS) is 11.4. The largest absolute Gasteiger partial charge is 0.497 e. The van der Waals surface area contributed by atoms with Gasteiger partial charge in [-0.1, -0.05) is 91.0 Å². The average molecular weight is 557 g/mol. The minimum atomic E-state index is -2.19. The molecule has 0 aromatic heterocycles. The Morgan fingerprint density at radius 2 is 0.878 bits per heavy atom. The Labute approximate surface area is 242 Å². The summed E-state index contributed by atoms with van der Waals surface area (Å²) in [4.78, 5) is 0. The molecule has 4 nitrogen and oxygen atoms in total. The lowest BCUT2D eigenvalue weighted by Crippen LogP contribution is -2.28. The van der Waals surface area contributed by atoms with E-state index in [1.54, 1.807) is 14.2 Å². The lowest BCUT2D eigenvalue weighted by Gasteiger charge is -2.28. The molecular formula is C36H33N2O2P. The van der Waals surface area contributed by atoms with E-state index < -0.39 is 6.89 Å². The van der Waals surface area contributed by atoms with E-state index in [9.17, 15) is 0 Å². The molecule has 5 aromatic rings. The molecule has 0 spiro atoms. The number of hydrogen-bond acceptors (Lipinski definition) is 4. The van der Waals surface area contributed by atoms with Crippen molar-refractivity contribution < 1.29 is 9.47 Å². The Bertz CT molecular complexity index is 1530. The molecule has 5 heteroatoms. The fourth-order valence-electron chi connectivity index (χ4n) is 4.88. The molecule has 0 aliphatic rings. The molecule has 5 aromatic carbocycles. The van der Waals surface area contributed by atoms with Gasteiger partial charge in [-0.05, 0) is 84.1 Å². The van der Waals surface area contributed by atoms with Gasteiger partial charge in [0.15, 0.2) is 0 Å². The van der Waals surface area contributed by atoms with Crippen LogP contribution in [0.1, 0.15) is 18.1 Å². The molecule has 0 radical (unpaired) electrons. The van der Waals surface area contributed by atoms with Crippen molar-refractivity contribution in [3.8, 4) is 11.5 Å². The minimum absolute atomic E-state index is 0.770. The highest BCUT2D eigenvalue weighted by Gasteiger charge is 2.25. The van der Waals surface area contributed by atoms with E-state index in [1.807, 2.05) is 55.5 Å².